The van der Waals surface area contributed by atoms with E-state index in [1.807, 2.05) is 4.90 Å². The van der Waals surface area contributed by atoms with Crippen molar-refractivity contribution in [3.05, 3.63) is 35.6 Å². The molecule has 1 heterocycles. The van der Waals surface area contributed by atoms with Gasteiger partial charge < -0.3 is 10.0 Å². The summed E-state index contributed by atoms with van der Waals surface area (Å²) in [7, 11) is 0. The molecule has 1 aromatic carbocycles. The fraction of sp³-hybridized carbons (Fsp3) is 0.500. The Labute approximate surface area is 106 Å². The average Bonchev–Trinajstić information content (AvgIpc) is 2.84. The van der Waals surface area contributed by atoms with Gasteiger partial charge >= 0.3 is 0 Å². The van der Waals surface area contributed by atoms with Crippen LogP contribution in [0.1, 0.15) is 36.0 Å². The molecule has 1 fully saturated rings. The molecule has 1 aromatic rings. The highest BCUT2D eigenvalue weighted by Gasteiger charge is 2.28. The minimum atomic E-state index is -0.329. The van der Waals surface area contributed by atoms with Gasteiger partial charge in [-0.15, -0.1) is 0 Å². The molecule has 0 radical (unpaired) electrons. The molecule has 1 unspecified atom stereocenters. The highest BCUT2D eigenvalue weighted by molar-refractivity contribution is 5.94. The number of rotatable bonds is 4. The zero-order chi connectivity index (χ0) is 13.0. The molecule has 0 spiro atoms. The van der Waals surface area contributed by atoms with Gasteiger partial charge in [0.15, 0.2) is 0 Å². The Morgan fingerprint density at radius 2 is 2.11 bits per heavy atom. The number of carbonyl (C=O) groups is 1. The molecule has 3 nitrogen and oxygen atoms in total. The van der Waals surface area contributed by atoms with Crippen molar-refractivity contribution in [3.8, 4) is 0 Å². The van der Waals surface area contributed by atoms with Gasteiger partial charge in [0.2, 0.25) is 0 Å². The highest BCUT2D eigenvalue weighted by atomic mass is 19.1. The summed E-state index contributed by atoms with van der Waals surface area (Å²) in [5, 5.41) is 8.85. The molecular weight excluding hydrogens is 233 g/mol. The van der Waals surface area contributed by atoms with Gasteiger partial charge in [0, 0.05) is 24.8 Å². The number of halogens is 1. The molecule has 1 aliphatic heterocycles. The van der Waals surface area contributed by atoms with Crippen molar-refractivity contribution >= 4 is 5.91 Å². The van der Waals surface area contributed by atoms with Crippen LogP contribution < -0.4 is 0 Å². The number of hydrogen-bond donors (Lipinski definition) is 1. The normalized spacial score (nSPS) is 19.2. The minimum Gasteiger partial charge on any atom is -0.396 e. The number of likely N-dealkylation sites (tertiary alicyclic amines) is 1. The van der Waals surface area contributed by atoms with E-state index in [1.165, 1.54) is 24.3 Å². The maximum absolute atomic E-state index is 12.8. The Bertz CT molecular complexity index is 405. The summed E-state index contributed by atoms with van der Waals surface area (Å²) in [5.41, 5.74) is 0.535. The number of aliphatic hydroxyl groups is 1. The Hall–Kier alpha value is -1.42. The van der Waals surface area contributed by atoms with Crippen molar-refractivity contribution in [2.45, 2.75) is 31.7 Å². The van der Waals surface area contributed by atoms with Crippen LogP contribution in [0, 0.1) is 5.82 Å². The molecule has 0 aromatic heterocycles. The van der Waals surface area contributed by atoms with Crippen molar-refractivity contribution in [3.63, 3.8) is 0 Å². The smallest absolute Gasteiger partial charge is 0.254 e. The van der Waals surface area contributed by atoms with Gasteiger partial charge in [-0.1, -0.05) is 0 Å². The Morgan fingerprint density at radius 3 is 2.78 bits per heavy atom. The molecule has 98 valence electrons. The first kappa shape index (κ1) is 13.0. The minimum absolute atomic E-state index is 0.0320. The van der Waals surface area contributed by atoms with Crippen LogP contribution in [-0.4, -0.2) is 35.1 Å². The number of aliphatic hydroxyl groups excluding tert-OH is 1. The van der Waals surface area contributed by atoms with Crippen molar-refractivity contribution in [1.29, 1.82) is 0 Å². The summed E-state index contributed by atoms with van der Waals surface area (Å²) in [6.45, 7) is 0.918. The monoisotopic (exact) mass is 251 g/mol. The molecule has 1 saturated heterocycles. The second-order valence-electron chi connectivity index (χ2n) is 4.67. The standard InChI is InChI=1S/C14H18FNO2/c15-12-7-5-11(6-8-12)14(18)16-9-1-3-13(16)4-2-10-17/h5-8,13,17H,1-4,9-10H2. The molecule has 1 atom stereocenters. The SMILES string of the molecule is O=C(c1ccc(F)cc1)N1CCCC1CCCO. The summed E-state index contributed by atoms with van der Waals surface area (Å²) in [4.78, 5) is 14.1. The lowest BCUT2D eigenvalue weighted by molar-refractivity contribution is 0.0724. The molecule has 0 saturated carbocycles. The summed E-state index contributed by atoms with van der Waals surface area (Å²) in [6, 6.07) is 5.89. The number of benzene rings is 1. The van der Waals surface area contributed by atoms with Crippen LogP contribution in [0.3, 0.4) is 0 Å². The van der Waals surface area contributed by atoms with Crippen LogP contribution in [0.15, 0.2) is 24.3 Å². The van der Waals surface area contributed by atoms with Gasteiger partial charge in [-0.2, -0.15) is 0 Å². The number of nitrogens with zero attached hydrogens (tertiary/aromatic N) is 1. The van der Waals surface area contributed by atoms with Gasteiger partial charge in [0.05, 0.1) is 0 Å². The van der Waals surface area contributed by atoms with E-state index in [-0.39, 0.29) is 24.4 Å². The number of amides is 1. The van der Waals surface area contributed by atoms with Crippen LogP contribution in [0.2, 0.25) is 0 Å². The quantitative estimate of drug-likeness (QED) is 0.891. The summed E-state index contributed by atoms with van der Waals surface area (Å²) >= 11 is 0. The fourth-order valence-corrected chi connectivity index (χ4v) is 2.49. The van der Waals surface area contributed by atoms with E-state index in [2.05, 4.69) is 0 Å². The zero-order valence-electron chi connectivity index (χ0n) is 10.3. The van der Waals surface area contributed by atoms with Crippen LogP contribution >= 0.6 is 0 Å². The van der Waals surface area contributed by atoms with Crippen molar-refractivity contribution < 1.29 is 14.3 Å². The topological polar surface area (TPSA) is 40.5 Å². The molecule has 1 aliphatic rings. The third-order valence-corrected chi connectivity index (χ3v) is 3.42. The van der Waals surface area contributed by atoms with Crippen molar-refractivity contribution in [2.75, 3.05) is 13.2 Å². The third kappa shape index (κ3) is 2.88. The van der Waals surface area contributed by atoms with Crippen LogP contribution in [0.4, 0.5) is 4.39 Å². The molecular formula is C14H18FNO2. The van der Waals surface area contributed by atoms with Gasteiger partial charge in [-0.3, -0.25) is 4.79 Å². The average molecular weight is 251 g/mol. The maximum Gasteiger partial charge on any atom is 0.254 e. The summed E-state index contributed by atoms with van der Waals surface area (Å²) < 4.78 is 12.8. The third-order valence-electron chi connectivity index (χ3n) is 3.42. The van der Waals surface area contributed by atoms with Gasteiger partial charge in [0.25, 0.3) is 5.91 Å². The second kappa shape index (κ2) is 5.96. The van der Waals surface area contributed by atoms with Gasteiger partial charge in [-0.05, 0) is 49.9 Å². The lowest BCUT2D eigenvalue weighted by Crippen LogP contribution is -2.35. The summed E-state index contributed by atoms with van der Waals surface area (Å²) in [5.74, 6) is -0.361. The van der Waals surface area contributed by atoms with Gasteiger partial charge in [0.1, 0.15) is 5.82 Å². The van der Waals surface area contributed by atoms with Crippen LogP contribution in [-0.2, 0) is 0 Å². The largest absolute Gasteiger partial charge is 0.396 e. The van der Waals surface area contributed by atoms with E-state index >= 15 is 0 Å². The first-order chi connectivity index (χ1) is 8.72. The van der Waals surface area contributed by atoms with Crippen molar-refractivity contribution in [2.24, 2.45) is 0 Å². The van der Waals surface area contributed by atoms with E-state index in [4.69, 9.17) is 5.11 Å². The molecule has 4 heteroatoms. The molecule has 18 heavy (non-hydrogen) atoms. The predicted octanol–water partition coefficient (Wildman–Crippen LogP) is 2.20. The Kier molecular flexibility index (Phi) is 4.31. The first-order valence-corrected chi connectivity index (χ1v) is 6.40. The van der Waals surface area contributed by atoms with E-state index < -0.39 is 0 Å². The molecule has 1 amide bonds. The Balaban J connectivity index is 2.05. The molecule has 0 bridgehead atoms. The molecule has 1 N–H and O–H groups in total. The van der Waals surface area contributed by atoms with E-state index in [9.17, 15) is 9.18 Å². The lowest BCUT2D eigenvalue weighted by atomic mass is 10.1. The van der Waals surface area contributed by atoms with E-state index in [0.717, 1.165) is 32.2 Å². The molecule has 2 rings (SSSR count). The van der Waals surface area contributed by atoms with E-state index in [0.29, 0.717) is 5.56 Å². The highest BCUT2D eigenvalue weighted by Crippen LogP contribution is 2.23. The first-order valence-electron chi connectivity index (χ1n) is 6.40. The maximum atomic E-state index is 12.8. The van der Waals surface area contributed by atoms with E-state index in [1.54, 1.807) is 0 Å². The fourth-order valence-electron chi connectivity index (χ4n) is 2.49. The Morgan fingerprint density at radius 1 is 1.39 bits per heavy atom. The van der Waals surface area contributed by atoms with Gasteiger partial charge in [-0.25, -0.2) is 4.39 Å². The lowest BCUT2D eigenvalue weighted by Gasteiger charge is -2.24. The second-order valence-corrected chi connectivity index (χ2v) is 4.67. The van der Waals surface area contributed by atoms with Crippen LogP contribution in [0.25, 0.3) is 0 Å². The summed E-state index contributed by atoms with van der Waals surface area (Å²) in [6.07, 6.45) is 3.55. The van der Waals surface area contributed by atoms with Crippen molar-refractivity contribution in [1.82, 2.24) is 4.90 Å². The van der Waals surface area contributed by atoms with Crippen LogP contribution in [0.5, 0.6) is 0 Å². The predicted molar refractivity (Wildman–Crippen MR) is 66.8 cm³/mol. The molecule has 0 aliphatic carbocycles. The number of hydrogen-bond acceptors (Lipinski definition) is 2. The zero-order valence-corrected chi connectivity index (χ0v) is 10.3. The number of carbonyl (C=O) groups excluding carboxylic acids is 1.